The maximum absolute atomic E-state index is 10.7. The van der Waals surface area contributed by atoms with E-state index in [-0.39, 0.29) is 0 Å². The predicted octanol–water partition coefficient (Wildman–Crippen LogP) is 3.35. The van der Waals surface area contributed by atoms with Gasteiger partial charge < -0.3 is 9.94 Å². The topological polar surface area (TPSA) is 60.2 Å². The summed E-state index contributed by atoms with van der Waals surface area (Å²) in [5.41, 5.74) is 4.67. The molecule has 5 heteroatoms. The normalized spacial score (nSPS) is 13.1. The molecule has 1 aliphatic carbocycles. The Morgan fingerprint density at radius 1 is 1.22 bits per heavy atom. The lowest BCUT2D eigenvalue weighted by atomic mass is 10.0. The van der Waals surface area contributed by atoms with Crippen molar-refractivity contribution in [1.29, 1.82) is 0 Å². The van der Waals surface area contributed by atoms with Crippen molar-refractivity contribution in [3.05, 3.63) is 54.0 Å². The number of imidazole rings is 1. The molecule has 4 rings (SSSR count). The largest absolute Gasteiger partial charge is 0.497 e. The van der Waals surface area contributed by atoms with E-state index in [4.69, 9.17) is 4.74 Å². The zero-order chi connectivity index (χ0) is 15.8. The van der Waals surface area contributed by atoms with E-state index in [2.05, 4.69) is 16.0 Å². The number of fused-ring (bicyclic) bond motifs is 3. The molecular weight excluding hydrogens is 290 g/mol. The first-order chi connectivity index (χ1) is 11.3. The molecule has 1 aromatic carbocycles. The van der Waals surface area contributed by atoms with Crippen LogP contribution in [0.25, 0.3) is 22.6 Å². The fourth-order valence-electron chi connectivity index (χ4n) is 3.15. The fraction of sp³-hybridized carbons (Fsp3) is 0.222. The lowest BCUT2D eigenvalue weighted by molar-refractivity contribution is 0.195. The first-order valence-corrected chi connectivity index (χ1v) is 7.66. The summed E-state index contributed by atoms with van der Waals surface area (Å²) in [4.78, 5) is 8.78. The van der Waals surface area contributed by atoms with E-state index in [0.717, 1.165) is 47.5 Å². The summed E-state index contributed by atoms with van der Waals surface area (Å²) >= 11 is 0. The zero-order valence-electron chi connectivity index (χ0n) is 12.9. The van der Waals surface area contributed by atoms with Crippen molar-refractivity contribution in [3.8, 4) is 28.4 Å². The molecule has 5 nitrogen and oxygen atoms in total. The number of methoxy groups -OCH3 is 1. The number of hydrogen-bond acceptors (Lipinski definition) is 4. The number of nitrogens with zero attached hydrogens (tertiary/aromatic N) is 3. The maximum atomic E-state index is 10.7. The van der Waals surface area contributed by atoms with Crippen LogP contribution in [0.15, 0.2) is 42.7 Å². The number of pyridine rings is 1. The number of aryl methyl sites for hydroxylation is 2. The SMILES string of the molecule is COc1ccc2c(c1)-c1c(nc(-c3cccnc3)n1O)CCC2. The lowest BCUT2D eigenvalue weighted by Gasteiger charge is -2.10. The molecule has 0 atom stereocenters. The minimum atomic E-state index is 0.527. The summed E-state index contributed by atoms with van der Waals surface area (Å²) in [7, 11) is 1.65. The third-order valence-electron chi connectivity index (χ3n) is 4.28. The van der Waals surface area contributed by atoms with Gasteiger partial charge in [-0.2, -0.15) is 4.73 Å². The number of rotatable bonds is 2. The molecule has 2 aromatic heterocycles. The Balaban J connectivity index is 1.94. The number of hydrogen-bond donors (Lipinski definition) is 1. The van der Waals surface area contributed by atoms with Crippen LogP contribution in [0, 0.1) is 0 Å². The molecule has 0 bridgehead atoms. The van der Waals surface area contributed by atoms with Gasteiger partial charge in [0.05, 0.1) is 12.8 Å². The third kappa shape index (κ3) is 2.25. The van der Waals surface area contributed by atoms with Gasteiger partial charge in [-0.25, -0.2) is 4.98 Å². The van der Waals surface area contributed by atoms with E-state index in [1.165, 1.54) is 10.3 Å². The van der Waals surface area contributed by atoms with Crippen molar-refractivity contribution >= 4 is 0 Å². The molecule has 0 amide bonds. The molecular formula is C18H17N3O2. The Hall–Kier alpha value is -2.82. The predicted molar refractivity (Wildman–Crippen MR) is 86.7 cm³/mol. The quantitative estimate of drug-likeness (QED) is 0.738. The van der Waals surface area contributed by atoms with E-state index in [9.17, 15) is 5.21 Å². The van der Waals surface area contributed by atoms with E-state index in [1.54, 1.807) is 19.5 Å². The Morgan fingerprint density at radius 2 is 2.13 bits per heavy atom. The van der Waals surface area contributed by atoms with Gasteiger partial charge in [0.2, 0.25) is 0 Å². The van der Waals surface area contributed by atoms with Gasteiger partial charge in [0, 0.05) is 23.5 Å². The van der Waals surface area contributed by atoms with Crippen LogP contribution in [0.2, 0.25) is 0 Å². The van der Waals surface area contributed by atoms with Crippen LogP contribution >= 0.6 is 0 Å². The fourth-order valence-corrected chi connectivity index (χ4v) is 3.15. The lowest BCUT2D eigenvalue weighted by Crippen LogP contribution is -1.99. The highest BCUT2D eigenvalue weighted by Gasteiger charge is 2.24. The van der Waals surface area contributed by atoms with Crippen LogP contribution in [0.1, 0.15) is 17.7 Å². The van der Waals surface area contributed by atoms with Crippen LogP contribution in [0.3, 0.4) is 0 Å². The summed E-state index contributed by atoms with van der Waals surface area (Å²) in [5.74, 6) is 1.31. The average molecular weight is 307 g/mol. The van der Waals surface area contributed by atoms with Gasteiger partial charge in [0.25, 0.3) is 0 Å². The first kappa shape index (κ1) is 13.8. The van der Waals surface area contributed by atoms with Crippen molar-refractivity contribution in [3.63, 3.8) is 0 Å². The highest BCUT2D eigenvalue weighted by Crippen LogP contribution is 2.36. The molecule has 0 unspecified atom stereocenters. The van der Waals surface area contributed by atoms with Gasteiger partial charge >= 0.3 is 0 Å². The van der Waals surface area contributed by atoms with Crippen molar-refractivity contribution < 1.29 is 9.94 Å². The maximum Gasteiger partial charge on any atom is 0.177 e. The molecule has 0 fully saturated rings. The molecule has 3 aromatic rings. The molecule has 0 spiro atoms. The van der Waals surface area contributed by atoms with Gasteiger partial charge in [-0.15, -0.1) is 0 Å². The smallest absolute Gasteiger partial charge is 0.177 e. The van der Waals surface area contributed by atoms with Crippen molar-refractivity contribution in [2.45, 2.75) is 19.3 Å². The first-order valence-electron chi connectivity index (χ1n) is 7.66. The minimum absolute atomic E-state index is 0.527. The molecule has 0 radical (unpaired) electrons. The van der Waals surface area contributed by atoms with Crippen molar-refractivity contribution in [1.82, 2.24) is 14.7 Å². The summed E-state index contributed by atoms with van der Waals surface area (Å²) in [5, 5.41) is 10.7. The Bertz CT molecular complexity index is 856. The number of benzene rings is 1. The minimum Gasteiger partial charge on any atom is -0.497 e. The second kappa shape index (κ2) is 5.43. The zero-order valence-corrected chi connectivity index (χ0v) is 12.9. The van der Waals surface area contributed by atoms with Crippen LogP contribution in [-0.2, 0) is 12.8 Å². The molecule has 0 aliphatic heterocycles. The molecule has 2 heterocycles. The van der Waals surface area contributed by atoms with Crippen LogP contribution in [0.4, 0.5) is 0 Å². The number of aromatic nitrogens is 3. The Morgan fingerprint density at radius 3 is 2.91 bits per heavy atom. The Labute approximate surface area is 134 Å². The van der Waals surface area contributed by atoms with E-state index < -0.39 is 0 Å². The molecule has 1 N–H and O–H groups in total. The van der Waals surface area contributed by atoms with Gasteiger partial charge in [-0.3, -0.25) is 4.98 Å². The molecule has 23 heavy (non-hydrogen) atoms. The third-order valence-corrected chi connectivity index (χ3v) is 4.28. The molecule has 0 saturated carbocycles. The standard InChI is InChI=1S/C18H17N3O2/c1-23-14-8-7-12-4-2-6-16-17(15(12)10-14)21(22)18(20-16)13-5-3-9-19-11-13/h3,5,7-11,22H,2,4,6H2,1H3. The molecule has 1 aliphatic rings. The Kier molecular flexibility index (Phi) is 3.26. The van der Waals surface area contributed by atoms with Crippen molar-refractivity contribution in [2.24, 2.45) is 0 Å². The summed E-state index contributed by atoms with van der Waals surface area (Å²) in [6.07, 6.45) is 6.24. The van der Waals surface area contributed by atoms with Gasteiger partial charge in [0.15, 0.2) is 5.82 Å². The van der Waals surface area contributed by atoms with Crippen LogP contribution < -0.4 is 4.74 Å². The van der Waals surface area contributed by atoms with E-state index in [0.29, 0.717) is 5.82 Å². The van der Waals surface area contributed by atoms with Gasteiger partial charge in [-0.05, 0) is 49.1 Å². The summed E-state index contributed by atoms with van der Waals surface area (Å²) in [6, 6.07) is 9.74. The monoisotopic (exact) mass is 307 g/mol. The van der Waals surface area contributed by atoms with Gasteiger partial charge in [-0.1, -0.05) is 6.07 Å². The highest BCUT2D eigenvalue weighted by atomic mass is 16.5. The molecule has 0 saturated heterocycles. The van der Waals surface area contributed by atoms with Crippen LogP contribution in [0.5, 0.6) is 5.75 Å². The average Bonchev–Trinajstić information content (AvgIpc) is 2.81. The second-order valence-corrected chi connectivity index (χ2v) is 5.66. The van der Waals surface area contributed by atoms with Crippen LogP contribution in [-0.4, -0.2) is 27.0 Å². The van der Waals surface area contributed by atoms with E-state index in [1.807, 2.05) is 24.3 Å². The highest BCUT2D eigenvalue weighted by molar-refractivity contribution is 5.72. The summed E-state index contributed by atoms with van der Waals surface area (Å²) < 4.78 is 6.54. The second-order valence-electron chi connectivity index (χ2n) is 5.66. The van der Waals surface area contributed by atoms with E-state index >= 15 is 0 Å². The number of ether oxygens (including phenoxy) is 1. The van der Waals surface area contributed by atoms with Gasteiger partial charge in [0.1, 0.15) is 11.4 Å². The molecule has 116 valence electrons. The van der Waals surface area contributed by atoms with Crippen molar-refractivity contribution in [2.75, 3.05) is 7.11 Å². The summed E-state index contributed by atoms with van der Waals surface area (Å²) in [6.45, 7) is 0.